The lowest BCUT2D eigenvalue weighted by Crippen LogP contribution is -2.38. The zero-order chi connectivity index (χ0) is 12.8. The van der Waals surface area contributed by atoms with E-state index in [-0.39, 0.29) is 12.6 Å². The van der Waals surface area contributed by atoms with E-state index in [1.54, 1.807) is 11.4 Å². The topological polar surface area (TPSA) is 72.2 Å². The van der Waals surface area contributed by atoms with Gasteiger partial charge in [0, 0.05) is 17.5 Å². The summed E-state index contributed by atoms with van der Waals surface area (Å²) in [6.07, 6.45) is 4.65. The molecule has 2 aliphatic carbocycles. The van der Waals surface area contributed by atoms with Crippen LogP contribution in [-0.2, 0) is 16.6 Å². The molecule has 2 aliphatic rings. The van der Waals surface area contributed by atoms with Gasteiger partial charge in [-0.1, -0.05) is 6.42 Å². The number of thiophene rings is 1. The van der Waals surface area contributed by atoms with Gasteiger partial charge in [0.25, 0.3) is 0 Å². The van der Waals surface area contributed by atoms with Gasteiger partial charge in [-0.05, 0) is 42.5 Å². The molecule has 0 radical (unpaired) electrons. The lowest BCUT2D eigenvalue weighted by atomic mass is 9.96. The first kappa shape index (κ1) is 12.6. The summed E-state index contributed by atoms with van der Waals surface area (Å²) in [5.74, 6) is 1.28. The van der Waals surface area contributed by atoms with E-state index in [4.69, 9.17) is 5.73 Å². The van der Waals surface area contributed by atoms with Crippen LogP contribution in [0.15, 0.2) is 16.3 Å². The minimum absolute atomic E-state index is 0.138. The maximum atomic E-state index is 12.3. The molecule has 2 saturated carbocycles. The highest BCUT2D eigenvalue weighted by Crippen LogP contribution is 2.44. The number of sulfonamides is 1. The number of nitrogens with two attached hydrogens (primary N) is 1. The molecule has 0 aliphatic heterocycles. The molecular weight excluding hydrogens is 268 g/mol. The van der Waals surface area contributed by atoms with Crippen molar-refractivity contribution in [2.45, 2.75) is 43.2 Å². The Balaban J connectivity index is 1.79. The van der Waals surface area contributed by atoms with Crippen molar-refractivity contribution in [3.8, 4) is 0 Å². The first-order valence-corrected chi connectivity index (χ1v) is 8.75. The fraction of sp³-hybridized carbons (Fsp3) is 0.667. The van der Waals surface area contributed by atoms with Crippen molar-refractivity contribution in [3.05, 3.63) is 16.3 Å². The third-order valence-electron chi connectivity index (χ3n) is 4.22. The highest BCUT2D eigenvalue weighted by atomic mass is 32.2. The van der Waals surface area contributed by atoms with Gasteiger partial charge in [0.2, 0.25) is 10.0 Å². The van der Waals surface area contributed by atoms with E-state index in [9.17, 15) is 8.42 Å². The first-order chi connectivity index (χ1) is 8.60. The van der Waals surface area contributed by atoms with Crippen molar-refractivity contribution in [1.29, 1.82) is 0 Å². The smallest absolute Gasteiger partial charge is 0.241 e. The molecule has 0 saturated heterocycles. The Morgan fingerprint density at radius 2 is 2.22 bits per heavy atom. The van der Waals surface area contributed by atoms with Crippen LogP contribution in [0.2, 0.25) is 0 Å². The normalized spacial score (nSPS) is 31.1. The van der Waals surface area contributed by atoms with Gasteiger partial charge in [-0.3, -0.25) is 0 Å². The lowest BCUT2D eigenvalue weighted by Gasteiger charge is -2.22. The van der Waals surface area contributed by atoms with Gasteiger partial charge in [0.15, 0.2) is 0 Å². The molecule has 3 N–H and O–H groups in total. The second kappa shape index (κ2) is 4.59. The molecule has 0 amide bonds. The largest absolute Gasteiger partial charge is 0.326 e. The summed E-state index contributed by atoms with van der Waals surface area (Å²) in [5.41, 5.74) is 5.58. The summed E-state index contributed by atoms with van der Waals surface area (Å²) in [6, 6.07) is 1.79. The summed E-state index contributed by atoms with van der Waals surface area (Å²) in [4.78, 5) is 1.11. The van der Waals surface area contributed by atoms with E-state index < -0.39 is 10.0 Å². The maximum absolute atomic E-state index is 12.3. The molecule has 4 nitrogen and oxygen atoms in total. The van der Waals surface area contributed by atoms with Crippen LogP contribution in [0, 0.1) is 11.8 Å². The predicted molar refractivity (Wildman–Crippen MR) is 71.8 cm³/mol. The summed E-state index contributed by atoms with van der Waals surface area (Å²) >= 11 is 1.41. The molecule has 1 aromatic rings. The SMILES string of the molecule is NCc1sccc1S(=O)(=O)NC1CC2CCC1C2. The van der Waals surface area contributed by atoms with Crippen LogP contribution in [0.1, 0.15) is 30.6 Å². The minimum atomic E-state index is -3.39. The number of hydrogen-bond donors (Lipinski definition) is 2. The molecule has 2 bridgehead atoms. The standard InChI is InChI=1S/C12H18N2O2S2/c13-7-11-12(3-4-17-11)18(15,16)14-10-6-8-1-2-9(10)5-8/h3-4,8-10,14H,1-2,5-7,13H2. The molecular formula is C12H18N2O2S2. The van der Waals surface area contributed by atoms with Crippen molar-refractivity contribution in [2.24, 2.45) is 17.6 Å². The molecule has 6 heteroatoms. The average Bonchev–Trinajstić information content (AvgIpc) is 3.03. The van der Waals surface area contributed by atoms with Crippen molar-refractivity contribution >= 4 is 21.4 Å². The Morgan fingerprint density at radius 3 is 2.83 bits per heavy atom. The van der Waals surface area contributed by atoms with Gasteiger partial charge in [-0.25, -0.2) is 13.1 Å². The lowest BCUT2D eigenvalue weighted by molar-refractivity contribution is 0.390. The Hall–Kier alpha value is -0.430. The monoisotopic (exact) mass is 286 g/mol. The van der Waals surface area contributed by atoms with Crippen molar-refractivity contribution in [1.82, 2.24) is 4.72 Å². The number of rotatable bonds is 4. The Morgan fingerprint density at radius 1 is 1.39 bits per heavy atom. The molecule has 3 atom stereocenters. The molecule has 3 rings (SSSR count). The van der Waals surface area contributed by atoms with E-state index in [0.29, 0.717) is 10.8 Å². The van der Waals surface area contributed by atoms with E-state index in [1.165, 1.54) is 30.6 Å². The van der Waals surface area contributed by atoms with Crippen molar-refractivity contribution < 1.29 is 8.42 Å². The van der Waals surface area contributed by atoms with Gasteiger partial charge < -0.3 is 5.73 Å². The molecule has 0 aromatic carbocycles. The number of fused-ring (bicyclic) bond motifs is 2. The molecule has 2 fully saturated rings. The maximum Gasteiger partial charge on any atom is 0.241 e. The molecule has 100 valence electrons. The third kappa shape index (κ3) is 2.11. The highest BCUT2D eigenvalue weighted by Gasteiger charge is 2.41. The minimum Gasteiger partial charge on any atom is -0.326 e. The summed E-state index contributed by atoms with van der Waals surface area (Å²) in [6.45, 7) is 0.282. The highest BCUT2D eigenvalue weighted by molar-refractivity contribution is 7.89. The molecule has 18 heavy (non-hydrogen) atoms. The molecule has 3 unspecified atom stereocenters. The van der Waals surface area contributed by atoms with Crippen LogP contribution in [-0.4, -0.2) is 14.5 Å². The third-order valence-corrected chi connectivity index (χ3v) is 6.87. The molecule has 1 heterocycles. The van der Waals surface area contributed by atoms with Gasteiger partial charge in [0.1, 0.15) is 0 Å². The zero-order valence-corrected chi connectivity index (χ0v) is 11.8. The number of hydrogen-bond acceptors (Lipinski definition) is 4. The first-order valence-electron chi connectivity index (χ1n) is 6.39. The van der Waals surface area contributed by atoms with Crippen LogP contribution in [0.3, 0.4) is 0 Å². The second-order valence-corrected chi connectivity index (χ2v) is 8.00. The Labute approximate surface area is 112 Å². The predicted octanol–water partition coefficient (Wildman–Crippen LogP) is 1.67. The average molecular weight is 286 g/mol. The van der Waals surface area contributed by atoms with Gasteiger partial charge in [0.05, 0.1) is 4.90 Å². The van der Waals surface area contributed by atoms with Crippen LogP contribution >= 0.6 is 11.3 Å². The van der Waals surface area contributed by atoms with Gasteiger partial charge >= 0.3 is 0 Å². The fourth-order valence-electron chi connectivity index (χ4n) is 3.37. The molecule has 0 spiro atoms. The Bertz CT molecular complexity index is 538. The van der Waals surface area contributed by atoms with E-state index in [2.05, 4.69) is 4.72 Å². The van der Waals surface area contributed by atoms with Gasteiger partial charge in [-0.2, -0.15) is 0 Å². The van der Waals surface area contributed by atoms with E-state index >= 15 is 0 Å². The number of nitrogens with one attached hydrogen (secondary N) is 1. The van der Waals surface area contributed by atoms with Crippen LogP contribution < -0.4 is 10.5 Å². The summed E-state index contributed by atoms with van der Waals surface area (Å²) in [5, 5.41) is 1.79. The summed E-state index contributed by atoms with van der Waals surface area (Å²) in [7, 11) is -3.39. The zero-order valence-electron chi connectivity index (χ0n) is 10.1. The van der Waals surface area contributed by atoms with Crippen LogP contribution in [0.5, 0.6) is 0 Å². The van der Waals surface area contributed by atoms with E-state index in [0.717, 1.165) is 17.2 Å². The Kier molecular flexibility index (Phi) is 3.21. The van der Waals surface area contributed by atoms with Crippen LogP contribution in [0.25, 0.3) is 0 Å². The van der Waals surface area contributed by atoms with E-state index in [1.807, 2.05) is 0 Å². The van der Waals surface area contributed by atoms with Crippen molar-refractivity contribution in [3.63, 3.8) is 0 Å². The van der Waals surface area contributed by atoms with Crippen molar-refractivity contribution in [2.75, 3.05) is 0 Å². The van der Waals surface area contributed by atoms with Gasteiger partial charge in [-0.15, -0.1) is 11.3 Å². The quantitative estimate of drug-likeness (QED) is 0.884. The second-order valence-electron chi connectivity index (χ2n) is 5.31. The van der Waals surface area contributed by atoms with Crippen LogP contribution in [0.4, 0.5) is 0 Å². The molecule has 1 aromatic heterocycles. The summed E-state index contributed by atoms with van der Waals surface area (Å²) < 4.78 is 27.6. The fourth-order valence-corrected chi connectivity index (χ4v) is 6.02.